The highest BCUT2D eigenvalue weighted by Crippen LogP contribution is 2.26. The Morgan fingerprint density at radius 2 is 1.96 bits per heavy atom. The smallest absolute Gasteiger partial charge is 0.247 e. The van der Waals surface area contributed by atoms with E-state index in [2.05, 4.69) is 20.5 Å². The minimum absolute atomic E-state index is 0.531. The normalized spacial score (nSPS) is 10.9. The molecular formula is C17H16N6O. The highest BCUT2D eigenvalue weighted by atomic mass is 16.5. The number of fused-ring (bicyclic) bond motifs is 1. The number of nitrogens with zero attached hydrogens (tertiary/aromatic N) is 5. The number of methoxy groups -OCH3 is 1. The van der Waals surface area contributed by atoms with Crippen molar-refractivity contribution in [2.75, 3.05) is 12.4 Å². The van der Waals surface area contributed by atoms with E-state index in [4.69, 9.17) is 4.74 Å². The maximum absolute atomic E-state index is 5.21. The number of ether oxygens (including phenoxy) is 1. The summed E-state index contributed by atoms with van der Waals surface area (Å²) in [5, 5.41) is 11.8. The number of aromatic nitrogens is 5. The number of hydrogen-bond donors (Lipinski definition) is 1. The molecule has 0 aliphatic heterocycles. The number of anilines is 2. The van der Waals surface area contributed by atoms with Gasteiger partial charge in [0.05, 0.1) is 19.0 Å². The summed E-state index contributed by atoms with van der Waals surface area (Å²) in [7, 11) is 3.52. The van der Waals surface area contributed by atoms with Crippen LogP contribution in [0.15, 0.2) is 55.0 Å². The largest absolute Gasteiger partial charge is 0.497 e. The van der Waals surface area contributed by atoms with Gasteiger partial charge >= 0.3 is 0 Å². The Kier molecular flexibility index (Phi) is 3.38. The number of rotatable bonds is 4. The van der Waals surface area contributed by atoms with Crippen molar-refractivity contribution in [1.29, 1.82) is 0 Å². The molecule has 0 amide bonds. The fourth-order valence-corrected chi connectivity index (χ4v) is 2.57. The van der Waals surface area contributed by atoms with Gasteiger partial charge in [0, 0.05) is 25.0 Å². The Labute approximate surface area is 138 Å². The van der Waals surface area contributed by atoms with E-state index in [1.165, 1.54) is 0 Å². The molecule has 0 bridgehead atoms. The quantitative estimate of drug-likeness (QED) is 0.626. The Morgan fingerprint density at radius 1 is 1.12 bits per heavy atom. The standard InChI is InChI=1S/C17H16N6O/c1-22-11-13(10-18-22)19-17-20-16-15(4-3-9-23(16)21-17)12-5-7-14(24-2)8-6-12/h3-11H,1-2H3,(H,19,21). The van der Waals surface area contributed by atoms with E-state index in [0.29, 0.717) is 5.95 Å². The van der Waals surface area contributed by atoms with Crippen molar-refractivity contribution in [3.63, 3.8) is 0 Å². The van der Waals surface area contributed by atoms with Gasteiger partial charge in [-0.3, -0.25) is 4.68 Å². The van der Waals surface area contributed by atoms with Gasteiger partial charge < -0.3 is 10.1 Å². The van der Waals surface area contributed by atoms with Crippen LogP contribution in [0.1, 0.15) is 0 Å². The molecular weight excluding hydrogens is 304 g/mol. The molecule has 3 aromatic heterocycles. The lowest BCUT2D eigenvalue weighted by Crippen LogP contribution is -1.92. The average Bonchev–Trinajstić information content (AvgIpc) is 3.20. The van der Waals surface area contributed by atoms with E-state index in [0.717, 1.165) is 28.2 Å². The highest BCUT2D eigenvalue weighted by molar-refractivity contribution is 5.78. The minimum atomic E-state index is 0.531. The highest BCUT2D eigenvalue weighted by Gasteiger charge is 2.10. The van der Waals surface area contributed by atoms with E-state index in [1.54, 1.807) is 22.5 Å². The van der Waals surface area contributed by atoms with Gasteiger partial charge in [0.1, 0.15) is 5.75 Å². The molecule has 120 valence electrons. The number of nitrogens with one attached hydrogen (secondary N) is 1. The lowest BCUT2D eigenvalue weighted by molar-refractivity contribution is 0.415. The van der Waals surface area contributed by atoms with Gasteiger partial charge in [-0.2, -0.15) is 10.1 Å². The second-order valence-electron chi connectivity index (χ2n) is 5.38. The van der Waals surface area contributed by atoms with Crippen molar-refractivity contribution in [3.8, 4) is 16.9 Å². The lowest BCUT2D eigenvalue weighted by Gasteiger charge is -2.04. The predicted octanol–water partition coefficient (Wildman–Crippen LogP) is 2.88. The molecule has 0 radical (unpaired) electrons. The van der Waals surface area contributed by atoms with Gasteiger partial charge in [-0.25, -0.2) is 4.52 Å². The molecule has 0 saturated heterocycles. The zero-order chi connectivity index (χ0) is 16.5. The Balaban J connectivity index is 1.73. The van der Waals surface area contributed by atoms with Crippen LogP contribution in [0.5, 0.6) is 5.75 Å². The van der Waals surface area contributed by atoms with Crippen molar-refractivity contribution >= 4 is 17.3 Å². The summed E-state index contributed by atoms with van der Waals surface area (Å²) >= 11 is 0. The number of pyridine rings is 1. The molecule has 3 heterocycles. The van der Waals surface area contributed by atoms with Crippen LogP contribution in [-0.2, 0) is 7.05 Å². The number of benzene rings is 1. The third-order valence-corrected chi connectivity index (χ3v) is 3.72. The van der Waals surface area contributed by atoms with Crippen molar-refractivity contribution in [2.45, 2.75) is 0 Å². The SMILES string of the molecule is COc1ccc(-c2cccn3nc(Nc4cnn(C)c4)nc23)cc1. The summed E-state index contributed by atoms with van der Waals surface area (Å²) in [6.45, 7) is 0. The number of hydrogen-bond acceptors (Lipinski definition) is 5. The molecule has 0 unspecified atom stereocenters. The first-order valence-electron chi connectivity index (χ1n) is 7.48. The summed E-state index contributed by atoms with van der Waals surface area (Å²) in [5.74, 6) is 1.36. The van der Waals surface area contributed by atoms with E-state index in [-0.39, 0.29) is 0 Å². The topological polar surface area (TPSA) is 69.3 Å². The molecule has 0 fully saturated rings. The van der Waals surface area contributed by atoms with Crippen LogP contribution < -0.4 is 10.1 Å². The van der Waals surface area contributed by atoms with Crippen molar-refractivity contribution in [2.24, 2.45) is 7.05 Å². The van der Waals surface area contributed by atoms with E-state index >= 15 is 0 Å². The maximum Gasteiger partial charge on any atom is 0.247 e. The third-order valence-electron chi connectivity index (χ3n) is 3.72. The molecule has 0 aliphatic carbocycles. The van der Waals surface area contributed by atoms with E-state index in [9.17, 15) is 0 Å². The fourth-order valence-electron chi connectivity index (χ4n) is 2.57. The molecule has 0 saturated carbocycles. The monoisotopic (exact) mass is 320 g/mol. The molecule has 0 atom stereocenters. The first-order chi connectivity index (χ1) is 11.7. The summed E-state index contributed by atoms with van der Waals surface area (Å²) < 4.78 is 8.70. The summed E-state index contributed by atoms with van der Waals surface area (Å²) in [5.41, 5.74) is 3.70. The first-order valence-corrected chi connectivity index (χ1v) is 7.48. The Morgan fingerprint density at radius 3 is 2.67 bits per heavy atom. The van der Waals surface area contributed by atoms with Crippen molar-refractivity contribution < 1.29 is 4.74 Å². The van der Waals surface area contributed by atoms with Crippen molar-refractivity contribution in [3.05, 3.63) is 55.0 Å². The van der Waals surface area contributed by atoms with Gasteiger partial charge in [0.2, 0.25) is 5.95 Å². The Hall–Kier alpha value is -3.35. The average molecular weight is 320 g/mol. The lowest BCUT2D eigenvalue weighted by atomic mass is 10.1. The van der Waals surface area contributed by atoms with Crippen LogP contribution in [0.25, 0.3) is 16.8 Å². The van der Waals surface area contributed by atoms with Gasteiger partial charge in [-0.15, -0.1) is 5.10 Å². The second-order valence-corrected chi connectivity index (χ2v) is 5.38. The molecule has 1 N–H and O–H groups in total. The molecule has 4 rings (SSSR count). The van der Waals surface area contributed by atoms with Gasteiger partial charge in [0.15, 0.2) is 5.65 Å². The van der Waals surface area contributed by atoms with Crippen LogP contribution in [0.4, 0.5) is 11.6 Å². The summed E-state index contributed by atoms with van der Waals surface area (Å²) in [4.78, 5) is 4.61. The zero-order valence-corrected chi connectivity index (χ0v) is 13.3. The molecule has 4 aromatic rings. The van der Waals surface area contributed by atoms with E-state index < -0.39 is 0 Å². The van der Waals surface area contributed by atoms with Crippen molar-refractivity contribution in [1.82, 2.24) is 24.4 Å². The van der Waals surface area contributed by atoms with Crippen LogP contribution in [0.3, 0.4) is 0 Å². The summed E-state index contributed by atoms with van der Waals surface area (Å²) in [6.07, 6.45) is 5.48. The zero-order valence-electron chi connectivity index (χ0n) is 13.3. The van der Waals surface area contributed by atoms with Gasteiger partial charge in [-0.1, -0.05) is 12.1 Å². The van der Waals surface area contributed by atoms with Crippen LogP contribution in [0, 0.1) is 0 Å². The summed E-state index contributed by atoms with van der Waals surface area (Å²) in [6, 6.07) is 11.9. The fraction of sp³-hybridized carbons (Fsp3) is 0.118. The minimum Gasteiger partial charge on any atom is -0.497 e. The number of aryl methyl sites for hydroxylation is 1. The molecule has 24 heavy (non-hydrogen) atoms. The second kappa shape index (κ2) is 5.69. The van der Waals surface area contributed by atoms with Gasteiger partial charge in [0.25, 0.3) is 0 Å². The Bertz CT molecular complexity index is 986. The predicted molar refractivity (Wildman–Crippen MR) is 91.5 cm³/mol. The first kappa shape index (κ1) is 14.3. The van der Waals surface area contributed by atoms with Crippen LogP contribution in [-0.4, -0.2) is 31.5 Å². The van der Waals surface area contributed by atoms with Crippen LogP contribution >= 0.6 is 0 Å². The molecule has 1 aromatic carbocycles. The van der Waals surface area contributed by atoms with Gasteiger partial charge in [-0.05, 0) is 29.8 Å². The van der Waals surface area contributed by atoms with E-state index in [1.807, 2.05) is 55.8 Å². The third kappa shape index (κ3) is 2.56. The molecule has 0 spiro atoms. The maximum atomic E-state index is 5.21. The molecule has 0 aliphatic rings. The molecule has 7 nitrogen and oxygen atoms in total. The molecule has 7 heteroatoms. The van der Waals surface area contributed by atoms with Crippen LogP contribution in [0.2, 0.25) is 0 Å².